The van der Waals surface area contributed by atoms with Gasteiger partial charge in [0.05, 0.1) is 5.69 Å². The largest absolute Gasteiger partial charge is 0.310 e. The lowest BCUT2D eigenvalue weighted by molar-refractivity contribution is 0.660. The average Bonchev–Trinajstić information content (AvgIpc) is 3.87. The van der Waals surface area contributed by atoms with Gasteiger partial charge in [-0.1, -0.05) is 179 Å². The van der Waals surface area contributed by atoms with Crippen LogP contribution < -0.4 is 4.90 Å². The van der Waals surface area contributed by atoms with E-state index >= 15 is 0 Å². The standard InChI is InChI=1S/C58H43NS/c1-57(2)50-23-9-7-18-44(50)46-32-29-38(35-52(46)57)36-26-30-40(31-27-36)59(53-25-13-21-47-45-19-8-10-24-51(45)58(3,4)54(47)53)41-16-11-15-39(34-41)43-20-12-22-48-49-33-28-37-14-5-6-17-42(37)55(49)60-56(43)48/h5-35H,1-4H3. The Hall–Kier alpha value is -6.74. The predicted octanol–water partition coefficient (Wildman–Crippen LogP) is 16.6. The van der Waals surface area contributed by atoms with Crippen molar-refractivity contribution in [2.45, 2.75) is 38.5 Å². The van der Waals surface area contributed by atoms with Gasteiger partial charge in [0.25, 0.3) is 0 Å². The fraction of sp³-hybridized carbons (Fsp3) is 0.103. The van der Waals surface area contributed by atoms with E-state index < -0.39 is 0 Å². The fourth-order valence-electron chi connectivity index (χ4n) is 10.7. The summed E-state index contributed by atoms with van der Waals surface area (Å²) in [7, 11) is 0. The van der Waals surface area contributed by atoms with Crippen molar-refractivity contribution in [1.82, 2.24) is 0 Å². The number of thiophene rings is 1. The Bertz CT molecular complexity index is 3380. The topological polar surface area (TPSA) is 3.24 Å². The highest BCUT2D eigenvalue weighted by molar-refractivity contribution is 7.27. The van der Waals surface area contributed by atoms with Gasteiger partial charge in [0, 0.05) is 42.4 Å². The van der Waals surface area contributed by atoms with E-state index in [1.807, 2.05) is 11.3 Å². The number of fused-ring (bicyclic) bond motifs is 11. The molecule has 2 aliphatic rings. The van der Waals surface area contributed by atoms with E-state index in [1.54, 1.807) is 0 Å². The fourth-order valence-corrected chi connectivity index (χ4v) is 12.1. The van der Waals surface area contributed by atoms with Crippen molar-refractivity contribution in [3.05, 3.63) is 210 Å². The van der Waals surface area contributed by atoms with Crippen molar-refractivity contribution < 1.29 is 0 Å². The van der Waals surface area contributed by atoms with E-state index in [0.29, 0.717) is 0 Å². The van der Waals surface area contributed by atoms with Crippen LogP contribution in [0, 0.1) is 0 Å². The number of anilines is 3. The molecule has 9 aromatic carbocycles. The van der Waals surface area contributed by atoms with Crippen LogP contribution in [0.5, 0.6) is 0 Å². The van der Waals surface area contributed by atoms with Crippen LogP contribution in [-0.2, 0) is 10.8 Å². The molecule has 0 N–H and O–H groups in total. The molecule has 0 radical (unpaired) electrons. The summed E-state index contributed by atoms with van der Waals surface area (Å²) in [6, 6.07) is 70.4. The first-order valence-corrected chi connectivity index (χ1v) is 21.9. The van der Waals surface area contributed by atoms with E-state index in [1.165, 1.54) is 103 Å². The molecule has 0 atom stereocenters. The molecule has 0 saturated carbocycles. The normalized spacial score (nSPS) is 14.3. The zero-order valence-corrected chi connectivity index (χ0v) is 35.1. The first kappa shape index (κ1) is 35.2. The highest BCUT2D eigenvalue weighted by Crippen LogP contribution is 2.55. The maximum absolute atomic E-state index is 2.50. The van der Waals surface area contributed by atoms with Crippen molar-refractivity contribution in [2.24, 2.45) is 0 Å². The zero-order valence-electron chi connectivity index (χ0n) is 34.3. The molecule has 1 nitrogen and oxygen atoms in total. The Kier molecular flexibility index (Phi) is 7.56. The van der Waals surface area contributed by atoms with Crippen LogP contribution in [0.2, 0.25) is 0 Å². The number of hydrogen-bond donors (Lipinski definition) is 0. The van der Waals surface area contributed by atoms with Gasteiger partial charge in [-0.25, -0.2) is 0 Å². The molecule has 0 unspecified atom stereocenters. The summed E-state index contributed by atoms with van der Waals surface area (Å²) < 4.78 is 2.68. The maximum Gasteiger partial charge on any atom is 0.0508 e. The van der Waals surface area contributed by atoms with Crippen LogP contribution in [0.25, 0.3) is 75.5 Å². The van der Waals surface area contributed by atoms with Crippen LogP contribution in [0.1, 0.15) is 49.9 Å². The monoisotopic (exact) mass is 785 g/mol. The molecule has 0 fully saturated rings. The summed E-state index contributed by atoms with van der Waals surface area (Å²) in [5.41, 5.74) is 19.1. The lowest BCUT2D eigenvalue weighted by Gasteiger charge is -2.32. The van der Waals surface area contributed by atoms with Gasteiger partial charge in [0.1, 0.15) is 0 Å². The van der Waals surface area contributed by atoms with Gasteiger partial charge in [-0.2, -0.15) is 0 Å². The predicted molar refractivity (Wildman–Crippen MR) is 258 cm³/mol. The third-order valence-electron chi connectivity index (χ3n) is 13.6. The molecule has 12 rings (SSSR count). The third kappa shape index (κ3) is 5.04. The summed E-state index contributed by atoms with van der Waals surface area (Å²) >= 11 is 1.92. The molecular formula is C58H43NS. The number of benzene rings is 9. The molecule has 0 saturated heterocycles. The minimum Gasteiger partial charge on any atom is -0.310 e. The molecule has 10 aromatic rings. The molecular weight excluding hydrogens is 743 g/mol. The Morgan fingerprint density at radius 3 is 1.82 bits per heavy atom. The quantitative estimate of drug-likeness (QED) is 0.168. The summed E-state index contributed by atoms with van der Waals surface area (Å²) in [5, 5.41) is 5.25. The Labute approximate surface area is 355 Å². The first-order valence-electron chi connectivity index (χ1n) is 21.1. The number of hydrogen-bond acceptors (Lipinski definition) is 2. The highest BCUT2D eigenvalue weighted by atomic mass is 32.1. The van der Waals surface area contributed by atoms with Crippen molar-refractivity contribution >= 4 is 59.3 Å². The smallest absolute Gasteiger partial charge is 0.0508 e. The van der Waals surface area contributed by atoms with Crippen LogP contribution in [0.15, 0.2) is 188 Å². The van der Waals surface area contributed by atoms with Crippen molar-refractivity contribution in [2.75, 3.05) is 4.90 Å². The molecule has 0 amide bonds. The van der Waals surface area contributed by atoms with Crippen LogP contribution in [0.4, 0.5) is 17.1 Å². The first-order chi connectivity index (χ1) is 29.3. The Balaban J connectivity index is 1.02. The minimum absolute atomic E-state index is 0.0459. The molecule has 2 heteroatoms. The maximum atomic E-state index is 2.50. The van der Waals surface area contributed by atoms with E-state index in [4.69, 9.17) is 0 Å². The SMILES string of the molecule is CC1(C)c2ccccc2-c2ccc(-c3ccc(N(c4cccc(-c5cccc6c5sc5c7ccccc7ccc65)c4)c4cccc5c4C(C)(C)c4ccccc4-5)cc3)cc21. The summed E-state index contributed by atoms with van der Waals surface area (Å²) in [6.45, 7) is 9.49. The minimum atomic E-state index is -0.182. The van der Waals surface area contributed by atoms with Crippen LogP contribution in [0.3, 0.4) is 0 Å². The van der Waals surface area contributed by atoms with Gasteiger partial charge in [-0.3, -0.25) is 0 Å². The van der Waals surface area contributed by atoms with Gasteiger partial charge in [-0.15, -0.1) is 11.3 Å². The zero-order chi connectivity index (χ0) is 40.3. The molecule has 1 aromatic heterocycles. The second kappa shape index (κ2) is 12.9. The average molecular weight is 786 g/mol. The summed E-state index contributed by atoms with van der Waals surface area (Å²) in [4.78, 5) is 2.50. The van der Waals surface area contributed by atoms with Gasteiger partial charge in [0.15, 0.2) is 0 Å². The summed E-state index contributed by atoms with van der Waals surface area (Å²) in [6.07, 6.45) is 0. The van der Waals surface area contributed by atoms with Crippen LogP contribution in [-0.4, -0.2) is 0 Å². The van der Waals surface area contributed by atoms with Crippen molar-refractivity contribution in [3.8, 4) is 44.5 Å². The van der Waals surface area contributed by atoms with Crippen LogP contribution >= 0.6 is 11.3 Å². The van der Waals surface area contributed by atoms with E-state index in [-0.39, 0.29) is 10.8 Å². The molecule has 0 spiro atoms. The van der Waals surface area contributed by atoms with Gasteiger partial charge in [0.2, 0.25) is 0 Å². The second-order valence-corrected chi connectivity index (χ2v) is 18.7. The third-order valence-corrected chi connectivity index (χ3v) is 14.9. The van der Waals surface area contributed by atoms with Gasteiger partial charge >= 0.3 is 0 Å². The highest BCUT2D eigenvalue weighted by Gasteiger charge is 2.39. The molecule has 0 aliphatic heterocycles. The van der Waals surface area contributed by atoms with E-state index in [2.05, 4.69) is 221 Å². The molecule has 2 aliphatic carbocycles. The molecule has 286 valence electrons. The second-order valence-electron chi connectivity index (χ2n) is 17.7. The molecule has 60 heavy (non-hydrogen) atoms. The van der Waals surface area contributed by atoms with Crippen molar-refractivity contribution in [1.29, 1.82) is 0 Å². The lowest BCUT2D eigenvalue weighted by atomic mass is 9.81. The van der Waals surface area contributed by atoms with Gasteiger partial charge < -0.3 is 4.90 Å². The molecule has 1 heterocycles. The number of rotatable bonds is 5. The van der Waals surface area contributed by atoms with E-state index in [0.717, 1.165) is 11.4 Å². The Morgan fingerprint density at radius 1 is 0.367 bits per heavy atom. The molecule has 0 bridgehead atoms. The van der Waals surface area contributed by atoms with E-state index in [9.17, 15) is 0 Å². The number of nitrogens with zero attached hydrogens (tertiary/aromatic N) is 1. The summed E-state index contributed by atoms with van der Waals surface area (Å²) in [5.74, 6) is 0. The van der Waals surface area contributed by atoms with Crippen molar-refractivity contribution in [3.63, 3.8) is 0 Å². The Morgan fingerprint density at radius 2 is 0.983 bits per heavy atom. The lowest BCUT2D eigenvalue weighted by Crippen LogP contribution is -2.20. The van der Waals surface area contributed by atoms with Gasteiger partial charge in [-0.05, 0) is 114 Å².